The van der Waals surface area contributed by atoms with Crippen molar-refractivity contribution in [3.63, 3.8) is 0 Å². The molecule has 31 heavy (non-hydrogen) atoms. The Morgan fingerprint density at radius 2 is 1.58 bits per heavy atom. The number of aliphatic hydroxyl groups is 1. The van der Waals surface area contributed by atoms with Crippen molar-refractivity contribution < 1.29 is 14.7 Å². The second-order valence-electron chi connectivity index (χ2n) is 8.43. The number of nitrogens with zero attached hydrogens (tertiary/aromatic N) is 4. The normalized spacial score (nSPS) is 17.7. The van der Waals surface area contributed by atoms with E-state index in [4.69, 9.17) is 5.73 Å². The highest BCUT2D eigenvalue weighted by molar-refractivity contribution is 5.96. The first-order chi connectivity index (χ1) is 14.9. The van der Waals surface area contributed by atoms with Gasteiger partial charge in [0.15, 0.2) is 5.82 Å². The number of hydrogen-bond donors (Lipinski definition) is 2. The van der Waals surface area contributed by atoms with Crippen molar-refractivity contribution in [3.05, 3.63) is 48.0 Å². The van der Waals surface area contributed by atoms with Crippen LogP contribution in [0.25, 0.3) is 22.0 Å². The third kappa shape index (κ3) is 3.42. The van der Waals surface area contributed by atoms with Crippen LogP contribution in [0, 0.1) is 0 Å². The second-order valence-corrected chi connectivity index (χ2v) is 8.43. The van der Waals surface area contributed by atoms with Gasteiger partial charge in [-0.25, -0.2) is 0 Å². The van der Waals surface area contributed by atoms with Crippen molar-refractivity contribution in [2.24, 2.45) is 7.05 Å². The molecule has 0 radical (unpaired) electrons. The smallest absolute Gasteiger partial charge is 0.254 e. The van der Waals surface area contributed by atoms with E-state index in [1.54, 1.807) is 14.5 Å². The third-order valence-electron chi connectivity index (χ3n) is 6.32. The van der Waals surface area contributed by atoms with Gasteiger partial charge in [-0.3, -0.25) is 14.3 Å². The van der Waals surface area contributed by atoms with E-state index in [0.29, 0.717) is 50.4 Å². The predicted octanol–water partition coefficient (Wildman–Crippen LogP) is 1.63. The van der Waals surface area contributed by atoms with Gasteiger partial charge < -0.3 is 20.6 Å². The molecule has 1 aliphatic carbocycles. The van der Waals surface area contributed by atoms with Gasteiger partial charge in [0.25, 0.3) is 11.8 Å². The fourth-order valence-corrected chi connectivity index (χ4v) is 4.19. The van der Waals surface area contributed by atoms with Crippen LogP contribution in [-0.4, -0.2) is 68.3 Å². The number of aromatic nitrogens is 2. The fourth-order valence-electron chi connectivity index (χ4n) is 4.19. The molecule has 1 aromatic heterocycles. The van der Waals surface area contributed by atoms with E-state index in [1.807, 2.05) is 49.5 Å². The molecule has 8 nitrogen and oxygen atoms in total. The van der Waals surface area contributed by atoms with E-state index in [9.17, 15) is 14.7 Å². The van der Waals surface area contributed by atoms with Gasteiger partial charge in [0.1, 0.15) is 5.60 Å². The molecule has 1 saturated heterocycles. The number of amides is 2. The molecule has 0 unspecified atom stereocenters. The number of anilines is 1. The Bertz CT molecular complexity index is 1170. The Morgan fingerprint density at radius 1 is 0.968 bits per heavy atom. The first-order valence-corrected chi connectivity index (χ1v) is 10.5. The molecule has 0 spiro atoms. The average molecular weight is 419 g/mol. The van der Waals surface area contributed by atoms with E-state index in [-0.39, 0.29) is 11.8 Å². The quantitative estimate of drug-likeness (QED) is 0.671. The summed E-state index contributed by atoms with van der Waals surface area (Å²) in [5.74, 6) is 0.271. The zero-order valence-corrected chi connectivity index (χ0v) is 17.4. The van der Waals surface area contributed by atoms with Crippen molar-refractivity contribution in [2.45, 2.75) is 18.4 Å². The summed E-state index contributed by atoms with van der Waals surface area (Å²) in [6.07, 6.45) is 1.08. The van der Waals surface area contributed by atoms with E-state index >= 15 is 0 Å². The molecule has 3 N–H and O–H groups in total. The van der Waals surface area contributed by atoms with Crippen molar-refractivity contribution in [1.82, 2.24) is 19.6 Å². The number of hydrogen-bond acceptors (Lipinski definition) is 5. The van der Waals surface area contributed by atoms with E-state index in [2.05, 4.69) is 5.10 Å². The molecular weight excluding hydrogens is 394 g/mol. The minimum Gasteiger partial charge on any atom is -0.382 e. The molecule has 0 bridgehead atoms. The summed E-state index contributed by atoms with van der Waals surface area (Å²) in [5.41, 5.74) is 8.40. The summed E-state index contributed by atoms with van der Waals surface area (Å²) in [5, 5.41) is 15.2. The van der Waals surface area contributed by atoms with E-state index in [0.717, 1.165) is 22.0 Å². The molecule has 0 atom stereocenters. The average Bonchev–Trinajstić information content (AvgIpc) is 3.49. The summed E-state index contributed by atoms with van der Waals surface area (Å²) >= 11 is 0. The van der Waals surface area contributed by atoms with Gasteiger partial charge in [0.2, 0.25) is 0 Å². The predicted molar refractivity (Wildman–Crippen MR) is 117 cm³/mol. The number of nitrogens with two attached hydrogens (primary N) is 1. The van der Waals surface area contributed by atoms with Gasteiger partial charge in [0, 0.05) is 44.2 Å². The minimum atomic E-state index is -1.15. The first-order valence-electron chi connectivity index (χ1n) is 10.5. The van der Waals surface area contributed by atoms with Crippen LogP contribution in [0.2, 0.25) is 0 Å². The standard InChI is InChI=1S/C23H25N5O3/c1-26-19-14-17(6-7-18(19)20(24)25-26)15-2-4-16(5-3-15)21(29)27-10-12-28(13-11-27)22(30)23(31)8-9-23/h2-7,14,31H,8-13H2,1H3,(H2,24,25). The lowest BCUT2D eigenvalue weighted by atomic mass is 10.0. The molecule has 3 aromatic rings. The number of piperazine rings is 1. The maximum absolute atomic E-state index is 12.9. The summed E-state index contributed by atoms with van der Waals surface area (Å²) in [7, 11) is 1.86. The number of rotatable bonds is 3. The number of fused-ring (bicyclic) bond motifs is 1. The van der Waals surface area contributed by atoms with Crippen molar-refractivity contribution >= 4 is 28.5 Å². The van der Waals surface area contributed by atoms with Crippen molar-refractivity contribution in [1.29, 1.82) is 0 Å². The largest absolute Gasteiger partial charge is 0.382 e. The van der Waals surface area contributed by atoms with Crippen molar-refractivity contribution in [3.8, 4) is 11.1 Å². The van der Waals surface area contributed by atoms with Gasteiger partial charge in [-0.05, 0) is 48.2 Å². The zero-order valence-electron chi connectivity index (χ0n) is 17.4. The molecule has 2 amide bonds. The van der Waals surface area contributed by atoms with Crippen molar-refractivity contribution in [2.75, 3.05) is 31.9 Å². The van der Waals surface area contributed by atoms with Crippen LogP contribution in [0.1, 0.15) is 23.2 Å². The molecule has 2 aliphatic rings. The van der Waals surface area contributed by atoms with Crippen LogP contribution in [-0.2, 0) is 11.8 Å². The second kappa shape index (κ2) is 7.09. The summed E-state index contributed by atoms with van der Waals surface area (Å²) in [6.45, 7) is 1.86. The molecule has 160 valence electrons. The Hall–Kier alpha value is -3.39. The maximum atomic E-state index is 12.9. The van der Waals surface area contributed by atoms with Gasteiger partial charge in [-0.2, -0.15) is 5.10 Å². The molecule has 1 aliphatic heterocycles. The van der Waals surface area contributed by atoms with Crippen LogP contribution in [0.15, 0.2) is 42.5 Å². The lowest BCUT2D eigenvalue weighted by molar-refractivity contribution is -0.143. The number of carbonyl (C=O) groups excluding carboxylic acids is 2. The van der Waals surface area contributed by atoms with Gasteiger partial charge in [-0.1, -0.05) is 18.2 Å². The van der Waals surface area contributed by atoms with Gasteiger partial charge in [0.05, 0.1) is 5.52 Å². The topological polar surface area (TPSA) is 105 Å². The highest BCUT2D eigenvalue weighted by atomic mass is 16.3. The Kier molecular flexibility index (Phi) is 4.48. The molecular formula is C23H25N5O3. The summed E-state index contributed by atoms with van der Waals surface area (Å²) in [6, 6.07) is 13.6. The van der Waals surface area contributed by atoms with Crippen LogP contribution >= 0.6 is 0 Å². The van der Waals surface area contributed by atoms with E-state index in [1.165, 1.54) is 0 Å². The Morgan fingerprint density at radius 3 is 2.23 bits per heavy atom. The zero-order chi connectivity index (χ0) is 21.8. The lowest BCUT2D eigenvalue weighted by Gasteiger charge is -2.35. The van der Waals surface area contributed by atoms with Crippen LogP contribution in [0.5, 0.6) is 0 Å². The highest BCUT2D eigenvalue weighted by Crippen LogP contribution is 2.37. The maximum Gasteiger partial charge on any atom is 0.254 e. The van der Waals surface area contributed by atoms with Gasteiger partial charge in [-0.15, -0.1) is 0 Å². The molecule has 2 fully saturated rings. The molecule has 8 heteroatoms. The van der Waals surface area contributed by atoms with Gasteiger partial charge >= 0.3 is 0 Å². The Balaban J connectivity index is 1.27. The van der Waals surface area contributed by atoms with E-state index < -0.39 is 5.60 Å². The minimum absolute atomic E-state index is 0.0429. The first kappa shape index (κ1) is 19.6. The van der Waals surface area contributed by atoms with Crippen LogP contribution in [0.3, 0.4) is 0 Å². The highest BCUT2D eigenvalue weighted by Gasteiger charge is 2.50. The molecule has 5 rings (SSSR count). The summed E-state index contributed by atoms with van der Waals surface area (Å²) in [4.78, 5) is 28.6. The molecule has 2 heterocycles. The van der Waals surface area contributed by atoms with Crippen LogP contribution < -0.4 is 5.73 Å². The van der Waals surface area contributed by atoms with Crippen LogP contribution in [0.4, 0.5) is 5.82 Å². The summed E-state index contributed by atoms with van der Waals surface area (Å²) < 4.78 is 1.76. The number of benzene rings is 2. The SMILES string of the molecule is Cn1nc(N)c2ccc(-c3ccc(C(=O)N4CCN(C(=O)C5(O)CC5)CC4)cc3)cc21. The Labute approximate surface area is 179 Å². The lowest BCUT2D eigenvalue weighted by Crippen LogP contribution is -2.53. The molecule has 1 saturated carbocycles. The number of nitrogen functional groups attached to an aromatic ring is 1. The number of carbonyl (C=O) groups is 2. The third-order valence-corrected chi connectivity index (χ3v) is 6.32. The monoisotopic (exact) mass is 419 g/mol. The fraction of sp³-hybridized carbons (Fsp3) is 0.348. The molecule has 2 aromatic carbocycles. The number of aryl methyl sites for hydroxylation is 1.